The van der Waals surface area contributed by atoms with Gasteiger partial charge in [-0.1, -0.05) is 17.8 Å². The van der Waals surface area contributed by atoms with Gasteiger partial charge in [0, 0.05) is 9.75 Å². The Kier molecular flexibility index (Phi) is 4.22. The molecule has 4 nitrogen and oxygen atoms in total. The molecule has 1 atom stereocenters. The number of rotatable bonds is 5. The zero-order valence-corrected chi connectivity index (χ0v) is 11.6. The van der Waals surface area contributed by atoms with Crippen LogP contribution in [-0.4, -0.2) is 9.59 Å². The molecule has 0 saturated carbocycles. The van der Waals surface area contributed by atoms with Crippen molar-refractivity contribution in [2.24, 2.45) is 5.84 Å². The molecule has 0 aliphatic carbocycles. The fourth-order valence-electron chi connectivity index (χ4n) is 1.74. The van der Waals surface area contributed by atoms with Crippen LogP contribution >= 0.6 is 22.9 Å². The molecule has 0 aliphatic rings. The van der Waals surface area contributed by atoms with Gasteiger partial charge in [0.05, 0.1) is 16.6 Å². The fraction of sp³-hybridized carbons (Fsp3) is 0.455. The van der Waals surface area contributed by atoms with Gasteiger partial charge in [0.25, 0.3) is 0 Å². The number of aromatic nitrogens is 2. The fourth-order valence-corrected chi connectivity index (χ4v) is 3.54. The third-order valence-electron chi connectivity index (χ3n) is 2.55. The van der Waals surface area contributed by atoms with E-state index >= 15 is 0 Å². The maximum Gasteiger partial charge on any atom is 0.0929 e. The second-order valence-corrected chi connectivity index (χ2v) is 5.99. The molecule has 1 unspecified atom stereocenters. The standard InChI is InChI=1S/C11H16N4S2/c1-3-4-8-11(17-15-14-8)10(13-12)9-6-5-7(2)16-9/h5-6,10,13H,3-4,12H2,1-2H3. The number of hydrazine groups is 1. The van der Waals surface area contributed by atoms with E-state index in [1.807, 2.05) is 0 Å². The lowest BCUT2D eigenvalue weighted by atomic mass is 10.1. The number of nitrogens with zero attached hydrogens (tertiary/aromatic N) is 2. The van der Waals surface area contributed by atoms with Crippen molar-refractivity contribution in [1.29, 1.82) is 0 Å². The molecule has 0 aliphatic heterocycles. The molecule has 0 bridgehead atoms. The van der Waals surface area contributed by atoms with Crippen molar-refractivity contribution in [1.82, 2.24) is 15.0 Å². The van der Waals surface area contributed by atoms with E-state index in [0.717, 1.165) is 23.4 Å². The van der Waals surface area contributed by atoms with Crippen LogP contribution in [0, 0.1) is 6.92 Å². The zero-order chi connectivity index (χ0) is 12.3. The Morgan fingerprint density at radius 2 is 2.29 bits per heavy atom. The molecule has 2 aromatic rings. The van der Waals surface area contributed by atoms with Gasteiger partial charge in [-0.05, 0) is 37.0 Å². The van der Waals surface area contributed by atoms with Gasteiger partial charge in [-0.3, -0.25) is 5.84 Å². The number of nitrogens with two attached hydrogens (primary N) is 1. The minimum absolute atomic E-state index is 0.0234. The van der Waals surface area contributed by atoms with Gasteiger partial charge in [-0.2, -0.15) is 0 Å². The molecule has 6 heteroatoms. The minimum atomic E-state index is 0.0234. The summed E-state index contributed by atoms with van der Waals surface area (Å²) in [6.07, 6.45) is 2.02. The number of nitrogens with one attached hydrogen (secondary N) is 1. The van der Waals surface area contributed by atoms with Crippen molar-refractivity contribution < 1.29 is 0 Å². The molecule has 17 heavy (non-hydrogen) atoms. The Morgan fingerprint density at radius 3 is 2.88 bits per heavy atom. The maximum atomic E-state index is 5.68. The predicted molar refractivity (Wildman–Crippen MR) is 72.1 cm³/mol. The molecule has 3 N–H and O–H groups in total. The van der Waals surface area contributed by atoms with E-state index in [0.29, 0.717) is 0 Å². The molecular weight excluding hydrogens is 252 g/mol. The van der Waals surface area contributed by atoms with Crippen LogP contribution < -0.4 is 11.3 Å². The first-order chi connectivity index (χ1) is 8.26. The van der Waals surface area contributed by atoms with Crippen LogP contribution in [0.3, 0.4) is 0 Å². The molecule has 0 amide bonds. The highest BCUT2D eigenvalue weighted by molar-refractivity contribution is 7.12. The quantitative estimate of drug-likeness (QED) is 0.645. The van der Waals surface area contributed by atoms with Gasteiger partial charge in [-0.25, -0.2) is 5.43 Å². The molecule has 0 spiro atoms. The lowest BCUT2D eigenvalue weighted by Gasteiger charge is -2.12. The summed E-state index contributed by atoms with van der Waals surface area (Å²) in [7, 11) is 0. The minimum Gasteiger partial charge on any atom is -0.271 e. The number of thiophene rings is 1. The zero-order valence-electron chi connectivity index (χ0n) is 9.93. The highest BCUT2D eigenvalue weighted by atomic mass is 32.1. The largest absolute Gasteiger partial charge is 0.271 e. The van der Waals surface area contributed by atoms with E-state index in [4.69, 9.17) is 5.84 Å². The maximum absolute atomic E-state index is 5.68. The van der Waals surface area contributed by atoms with Gasteiger partial charge in [0.15, 0.2) is 0 Å². The first-order valence-corrected chi connectivity index (χ1v) is 7.18. The van der Waals surface area contributed by atoms with Crippen LogP contribution in [-0.2, 0) is 6.42 Å². The Hall–Kier alpha value is -0.820. The molecule has 0 fully saturated rings. The van der Waals surface area contributed by atoms with Gasteiger partial charge in [0.1, 0.15) is 0 Å². The molecule has 2 aromatic heterocycles. The van der Waals surface area contributed by atoms with Crippen LogP contribution in [0.1, 0.15) is 39.7 Å². The van der Waals surface area contributed by atoms with Crippen molar-refractivity contribution in [2.75, 3.05) is 0 Å². The van der Waals surface area contributed by atoms with E-state index in [1.165, 1.54) is 21.3 Å². The summed E-state index contributed by atoms with van der Waals surface area (Å²) in [5.41, 5.74) is 3.94. The molecule has 0 saturated heterocycles. The molecule has 2 heterocycles. The highest BCUT2D eigenvalue weighted by Crippen LogP contribution is 2.31. The first kappa shape index (κ1) is 12.6. The van der Waals surface area contributed by atoms with Crippen molar-refractivity contribution in [3.63, 3.8) is 0 Å². The van der Waals surface area contributed by atoms with E-state index in [1.54, 1.807) is 11.3 Å². The lowest BCUT2D eigenvalue weighted by molar-refractivity contribution is 0.646. The predicted octanol–water partition coefficient (Wildman–Crippen LogP) is 2.41. The second-order valence-electron chi connectivity index (χ2n) is 3.88. The summed E-state index contributed by atoms with van der Waals surface area (Å²) < 4.78 is 4.04. The summed E-state index contributed by atoms with van der Waals surface area (Å²) in [6, 6.07) is 4.24. The van der Waals surface area contributed by atoms with Crippen molar-refractivity contribution in [3.8, 4) is 0 Å². The first-order valence-electron chi connectivity index (χ1n) is 5.59. The molecular formula is C11H16N4S2. The van der Waals surface area contributed by atoms with Crippen LogP contribution in [0.4, 0.5) is 0 Å². The molecule has 2 rings (SSSR count). The highest BCUT2D eigenvalue weighted by Gasteiger charge is 2.20. The van der Waals surface area contributed by atoms with Crippen LogP contribution in [0.2, 0.25) is 0 Å². The molecule has 92 valence electrons. The van der Waals surface area contributed by atoms with E-state index in [9.17, 15) is 0 Å². The second kappa shape index (κ2) is 5.68. The Labute approximate surface area is 109 Å². The van der Waals surface area contributed by atoms with E-state index in [-0.39, 0.29) is 6.04 Å². The number of aryl methyl sites for hydroxylation is 2. The Balaban J connectivity index is 2.31. The van der Waals surface area contributed by atoms with Gasteiger partial charge < -0.3 is 0 Å². The van der Waals surface area contributed by atoms with Crippen LogP contribution in [0.25, 0.3) is 0 Å². The van der Waals surface area contributed by atoms with Gasteiger partial charge in [0.2, 0.25) is 0 Å². The summed E-state index contributed by atoms with van der Waals surface area (Å²) >= 11 is 3.18. The lowest BCUT2D eigenvalue weighted by Crippen LogP contribution is -2.28. The Morgan fingerprint density at radius 1 is 1.47 bits per heavy atom. The monoisotopic (exact) mass is 268 g/mol. The smallest absolute Gasteiger partial charge is 0.0929 e. The average Bonchev–Trinajstić information content (AvgIpc) is 2.91. The summed E-state index contributed by atoms with van der Waals surface area (Å²) in [5.74, 6) is 5.68. The number of hydrogen-bond acceptors (Lipinski definition) is 6. The van der Waals surface area contributed by atoms with Crippen molar-refractivity contribution >= 4 is 22.9 Å². The molecule has 0 aromatic carbocycles. The van der Waals surface area contributed by atoms with Crippen molar-refractivity contribution in [2.45, 2.75) is 32.7 Å². The van der Waals surface area contributed by atoms with Gasteiger partial charge >= 0.3 is 0 Å². The Bertz CT molecular complexity index is 477. The summed E-state index contributed by atoms with van der Waals surface area (Å²) in [5, 5.41) is 4.18. The van der Waals surface area contributed by atoms with E-state index < -0.39 is 0 Å². The summed E-state index contributed by atoms with van der Waals surface area (Å²) in [4.78, 5) is 3.64. The SMILES string of the molecule is CCCc1nnsc1C(NN)c1ccc(C)s1. The molecule has 0 radical (unpaired) electrons. The third-order valence-corrected chi connectivity index (χ3v) is 4.44. The summed E-state index contributed by atoms with van der Waals surface area (Å²) in [6.45, 7) is 4.24. The van der Waals surface area contributed by atoms with Crippen LogP contribution in [0.5, 0.6) is 0 Å². The topological polar surface area (TPSA) is 63.8 Å². The van der Waals surface area contributed by atoms with Gasteiger partial charge in [-0.15, -0.1) is 16.4 Å². The normalized spacial score (nSPS) is 12.9. The average molecular weight is 268 g/mol. The van der Waals surface area contributed by atoms with Crippen LogP contribution in [0.15, 0.2) is 12.1 Å². The van der Waals surface area contributed by atoms with Crippen molar-refractivity contribution in [3.05, 3.63) is 32.5 Å². The number of hydrogen-bond donors (Lipinski definition) is 2. The van der Waals surface area contributed by atoms with E-state index in [2.05, 4.69) is 41.0 Å². The third kappa shape index (κ3) is 2.71.